The van der Waals surface area contributed by atoms with Gasteiger partial charge in [-0.3, -0.25) is 4.79 Å². The number of amides is 1. The minimum Gasteiger partial charge on any atom is -0.383 e. The molecule has 1 aromatic carbocycles. The van der Waals surface area contributed by atoms with E-state index in [4.69, 9.17) is 22.1 Å². The Labute approximate surface area is 125 Å². The lowest BCUT2D eigenvalue weighted by Gasteiger charge is -2.24. The summed E-state index contributed by atoms with van der Waals surface area (Å²) >= 11 is 6.05. The summed E-state index contributed by atoms with van der Waals surface area (Å²) in [6.07, 6.45) is 0. The van der Waals surface area contributed by atoms with Gasteiger partial charge in [0.1, 0.15) is 0 Å². The third-order valence-corrected chi connectivity index (χ3v) is 3.14. The van der Waals surface area contributed by atoms with Crippen LogP contribution in [0.1, 0.15) is 12.5 Å². The molecule has 0 saturated carbocycles. The maximum Gasteiger partial charge on any atom is 0.236 e. The average molecular weight is 300 g/mol. The van der Waals surface area contributed by atoms with Crippen LogP contribution >= 0.6 is 11.6 Å². The molecule has 0 aliphatic rings. The number of benzene rings is 1. The molecule has 1 amide bonds. The Kier molecular flexibility index (Phi) is 7.36. The second-order valence-electron chi connectivity index (χ2n) is 4.42. The van der Waals surface area contributed by atoms with Gasteiger partial charge in [0, 0.05) is 37.5 Å². The second kappa shape index (κ2) is 8.79. The Bertz CT molecular complexity index is 440. The maximum absolute atomic E-state index is 11.1. The lowest BCUT2D eigenvalue weighted by atomic mass is 10.1. The molecule has 6 heteroatoms. The van der Waals surface area contributed by atoms with Gasteiger partial charge in [-0.05, 0) is 30.7 Å². The number of carbonyl (C=O) groups excluding carboxylic acids is 1. The largest absolute Gasteiger partial charge is 0.383 e. The number of rotatable bonds is 9. The van der Waals surface area contributed by atoms with E-state index in [-0.39, 0.29) is 12.5 Å². The van der Waals surface area contributed by atoms with Gasteiger partial charge in [-0.1, -0.05) is 11.6 Å². The van der Waals surface area contributed by atoms with Crippen molar-refractivity contribution >= 4 is 23.2 Å². The molecule has 112 valence electrons. The van der Waals surface area contributed by atoms with Gasteiger partial charge in [0.05, 0.1) is 13.2 Å². The highest BCUT2D eigenvalue weighted by atomic mass is 35.5. The van der Waals surface area contributed by atoms with Crippen LogP contribution < -0.4 is 16.0 Å². The molecular weight excluding hydrogens is 278 g/mol. The average Bonchev–Trinajstić information content (AvgIpc) is 2.41. The third kappa shape index (κ3) is 5.36. The van der Waals surface area contributed by atoms with Crippen molar-refractivity contribution in [2.75, 3.05) is 38.3 Å². The Morgan fingerprint density at radius 2 is 2.25 bits per heavy atom. The summed E-state index contributed by atoms with van der Waals surface area (Å²) in [6, 6.07) is 5.64. The Morgan fingerprint density at radius 1 is 1.50 bits per heavy atom. The van der Waals surface area contributed by atoms with E-state index in [1.54, 1.807) is 7.11 Å². The summed E-state index contributed by atoms with van der Waals surface area (Å²) in [5.41, 5.74) is 7.30. The first-order valence-corrected chi connectivity index (χ1v) is 6.97. The molecule has 1 aromatic rings. The van der Waals surface area contributed by atoms with Gasteiger partial charge < -0.3 is 20.7 Å². The molecule has 0 fully saturated rings. The van der Waals surface area contributed by atoms with Crippen LogP contribution in [-0.4, -0.2) is 39.3 Å². The first-order chi connectivity index (χ1) is 9.58. The number of carbonyl (C=O) groups is 1. The second-order valence-corrected chi connectivity index (χ2v) is 4.86. The molecule has 5 nitrogen and oxygen atoms in total. The molecule has 0 unspecified atom stereocenters. The van der Waals surface area contributed by atoms with Gasteiger partial charge in [0.15, 0.2) is 0 Å². The zero-order valence-electron chi connectivity index (χ0n) is 12.0. The van der Waals surface area contributed by atoms with E-state index in [0.717, 1.165) is 17.8 Å². The van der Waals surface area contributed by atoms with E-state index in [1.165, 1.54) is 0 Å². The highest BCUT2D eigenvalue weighted by Crippen LogP contribution is 2.24. The number of methoxy groups -OCH3 is 1. The zero-order valence-corrected chi connectivity index (χ0v) is 12.7. The monoisotopic (exact) mass is 299 g/mol. The van der Waals surface area contributed by atoms with Gasteiger partial charge in [0.25, 0.3) is 0 Å². The van der Waals surface area contributed by atoms with Crippen molar-refractivity contribution in [3.63, 3.8) is 0 Å². The zero-order chi connectivity index (χ0) is 15.0. The summed E-state index contributed by atoms with van der Waals surface area (Å²) in [5.74, 6) is -0.347. The standard InChI is InChI=1S/C14H22ClN3O2/c1-3-18(10-14(16)19)13-5-4-12(15)8-11(13)9-17-6-7-20-2/h4-5,8,17H,3,6-7,9-10H2,1-2H3,(H2,16,19). The highest BCUT2D eigenvalue weighted by Gasteiger charge is 2.12. The smallest absolute Gasteiger partial charge is 0.236 e. The van der Waals surface area contributed by atoms with Crippen molar-refractivity contribution < 1.29 is 9.53 Å². The minimum atomic E-state index is -0.347. The summed E-state index contributed by atoms with van der Waals surface area (Å²) in [4.78, 5) is 13.1. The topological polar surface area (TPSA) is 67.6 Å². The van der Waals surface area contributed by atoms with Crippen LogP contribution in [0, 0.1) is 0 Å². The predicted molar refractivity (Wildman–Crippen MR) is 82.1 cm³/mol. The first kappa shape index (κ1) is 16.8. The van der Waals surface area contributed by atoms with Crippen molar-refractivity contribution in [2.45, 2.75) is 13.5 Å². The van der Waals surface area contributed by atoms with Crippen molar-refractivity contribution in [3.05, 3.63) is 28.8 Å². The molecule has 0 aliphatic heterocycles. The number of anilines is 1. The Hall–Kier alpha value is -1.30. The molecule has 0 radical (unpaired) electrons. The van der Waals surface area contributed by atoms with E-state index in [9.17, 15) is 4.79 Å². The predicted octanol–water partition coefficient (Wildman–Crippen LogP) is 1.39. The van der Waals surface area contributed by atoms with Crippen molar-refractivity contribution in [1.82, 2.24) is 5.32 Å². The van der Waals surface area contributed by atoms with Crippen LogP contribution in [0.25, 0.3) is 0 Å². The van der Waals surface area contributed by atoms with Gasteiger partial charge >= 0.3 is 0 Å². The lowest BCUT2D eigenvalue weighted by molar-refractivity contribution is -0.116. The fourth-order valence-corrected chi connectivity index (χ4v) is 2.15. The molecule has 0 atom stereocenters. The number of nitrogens with zero attached hydrogens (tertiary/aromatic N) is 1. The lowest BCUT2D eigenvalue weighted by Crippen LogP contribution is -2.34. The molecule has 0 spiro atoms. The number of halogens is 1. The molecular formula is C14H22ClN3O2. The van der Waals surface area contributed by atoms with Gasteiger partial charge in [0.2, 0.25) is 5.91 Å². The quantitative estimate of drug-likeness (QED) is 0.676. The fraction of sp³-hybridized carbons (Fsp3) is 0.500. The van der Waals surface area contributed by atoms with Crippen LogP contribution in [0.3, 0.4) is 0 Å². The number of nitrogens with one attached hydrogen (secondary N) is 1. The van der Waals surface area contributed by atoms with Crippen LogP contribution in [0.2, 0.25) is 5.02 Å². The molecule has 0 aromatic heterocycles. The third-order valence-electron chi connectivity index (χ3n) is 2.91. The summed E-state index contributed by atoms with van der Waals surface area (Å²) in [7, 11) is 1.66. The van der Waals surface area contributed by atoms with E-state index in [0.29, 0.717) is 24.7 Å². The maximum atomic E-state index is 11.1. The Morgan fingerprint density at radius 3 is 2.85 bits per heavy atom. The molecule has 20 heavy (non-hydrogen) atoms. The van der Waals surface area contributed by atoms with Crippen molar-refractivity contribution in [1.29, 1.82) is 0 Å². The van der Waals surface area contributed by atoms with Gasteiger partial charge in [-0.2, -0.15) is 0 Å². The molecule has 1 rings (SSSR count). The van der Waals surface area contributed by atoms with E-state index >= 15 is 0 Å². The minimum absolute atomic E-state index is 0.198. The summed E-state index contributed by atoms with van der Waals surface area (Å²) in [5, 5.41) is 3.95. The Balaban J connectivity index is 2.84. The van der Waals surface area contributed by atoms with Crippen LogP contribution in [0.4, 0.5) is 5.69 Å². The SMILES string of the molecule is CCN(CC(N)=O)c1ccc(Cl)cc1CNCCOC. The molecule has 0 aliphatic carbocycles. The number of ether oxygens (including phenoxy) is 1. The van der Waals surface area contributed by atoms with E-state index in [2.05, 4.69) is 5.32 Å². The van der Waals surface area contributed by atoms with Crippen LogP contribution in [0.15, 0.2) is 18.2 Å². The summed E-state index contributed by atoms with van der Waals surface area (Å²) < 4.78 is 4.99. The number of primary amides is 1. The normalized spacial score (nSPS) is 10.6. The number of likely N-dealkylation sites (N-methyl/N-ethyl adjacent to an activating group) is 1. The van der Waals surface area contributed by atoms with Crippen molar-refractivity contribution in [2.24, 2.45) is 5.73 Å². The molecule has 0 saturated heterocycles. The van der Waals surface area contributed by atoms with Crippen molar-refractivity contribution in [3.8, 4) is 0 Å². The molecule has 3 N–H and O–H groups in total. The molecule has 0 heterocycles. The van der Waals surface area contributed by atoms with Crippen LogP contribution in [-0.2, 0) is 16.1 Å². The fourth-order valence-electron chi connectivity index (χ4n) is 1.96. The molecule has 0 bridgehead atoms. The summed E-state index contributed by atoms with van der Waals surface area (Å²) in [6.45, 7) is 4.95. The number of hydrogen-bond acceptors (Lipinski definition) is 4. The highest BCUT2D eigenvalue weighted by molar-refractivity contribution is 6.30. The van der Waals surface area contributed by atoms with E-state index < -0.39 is 0 Å². The number of hydrogen-bond donors (Lipinski definition) is 2. The van der Waals surface area contributed by atoms with Gasteiger partial charge in [-0.15, -0.1) is 0 Å². The first-order valence-electron chi connectivity index (χ1n) is 6.59. The van der Waals surface area contributed by atoms with Gasteiger partial charge in [-0.25, -0.2) is 0 Å². The van der Waals surface area contributed by atoms with E-state index in [1.807, 2.05) is 30.0 Å². The number of nitrogens with two attached hydrogens (primary N) is 1. The van der Waals surface area contributed by atoms with Crippen LogP contribution in [0.5, 0.6) is 0 Å².